The van der Waals surface area contributed by atoms with Gasteiger partial charge in [-0.3, -0.25) is 0 Å². The average molecular weight is 382 g/mol. The molecule has 4 heteroatoms. The Labute approximate surface area is 149 Å². The highest BCUT2D eigenvalue weighted by Crippen LogP contribution is 2.79. The van der Waals surface area contributed by atoms with Crippen molar-refractivity contribution in [3.8, 4) is 0 Å². The summed E-state index contributed by atoms with van der Waals surface area (Å²) in [5.74, 6) is 0. The topological polar surface area (TPSA) is 0 Å². The Bertz CT molecular complexity index is 262. The van der Waals surface area contributed by atoms with Crippen molar-refractivity contribution in [2.24, 2.45) is 0 Å². The normalized spacial score (nSPS) is 21.7. The molecule has 0 aliphatic heterocycles. The van der Waals surface area contributed by atoms with Gasteiger partial charge in [0.05, 0.1) is 0 Å². The van der Waals surface area contributed by atoms with Gasteiger partial charge in [0.1, 0.15) is 0 Å². The lowest BCUT2D eigenvalue weighted by Crippen LogP contribution is -2.39. The van der Waals surface area contributed by atoms with E-state index in [2.05, 4.69) is 69.3 Å². The van der Waals surface area contributed by atoms with E-state index in [1.165, 1.54) is 57.8 Å². The molecule has 0 radical (unpaired) electrons. The highest BCUT2D eigenvalue weighted by Gasteiger charge is 2.51. The lowest BCUT2D eigenvalue weighted by atomic mass is 10.2. The smallest absolute Gasteiger partial charge is 0.00627 e. The second kappa shape index (κ2) is 10.7. The molecule has 0 fully saturated rings. The molecular formula is C18H42P4. The van der Waals surface area contributed by atoms with Crippen molar-refractivity contribution in [1.29, 1.82) is 0 Å². The van der Waals surface area contributed by atoms with Crippen molar-refractivity contribution in [2.75, 3.05) is 0 Å². The molecular weight excluding hydrogens is 340 g/mol. The summed E-state index contributed by atoms with van der Waals surface area (Å²) in [6.45, 7) is 14.3. The molecule has 0 rings (SSSR count). The molecule has 134 valence electrons. The molecule has 0 aliphatic rings. The summed E-state index contributed by atoms with van der Waals surface area (Å²) in [4.78, 5) is 1.26. The largest absolute Gasteiger partial charge is 0.126 e. The molecule has 22 heavy (non-hydrogen) atoms. The van der Waals surface area contributed by atoms with E-state index < -0.39 is 0 Å². The zero-order valence-corrected chi connectivity index (χ0v) is 20.4. The van der Waals surface area contributed by atoms with Gasteiger partial charge in [-0.05, 0) is 38.5 Å². The van der Waals surface area contributed by atoms with Crippen LogP contribution in [0.3, 0.4) is 0 Å². The minimum Gasteiger partial charge on any atom is -0.126 e. The number of hydrogen-bond acceptors (Lipinski definition) is 0. The van der Waals surface area contributed by atoms with Crippen LogP contribution in [0.2, 0.25) is 0 Å². The van der Waals surface area contributed by atoms with Gasteiger partial charge in [0.25, 0.3) is 0 Å². The Morgan fingerprint density at radius 1 is 0.545 bits per heavy atom. The molecule has 0 bridgehead atoms. The fourth-order valence-corrected chi connectivity index (χ4v) is 15.8. The minimum atomic E-state index is -0.126. The minimum absolute atomic E-state index is 0.126. The van der Waals surface area contributed by atoms with Gasteiger partial charge < -0.3 is 0 Å². The van der Waals surface area contributed by atoms with Crippen molar-refractivity contribution in [3.05, 3.63) is 0 Å². The Balaban J connectivity index is 6.05. The molecule has 0 nitrogen and oxygen atoms in total. The van der Waals surface area contributed by atoms with E-state index in [4.69, 9.17) is 0 Å². The summed E-state index contributed by atoms with van der Waals surface area (Å²) in [7, 11) is 9.96. The first-order valence-corrected chi connectivity index (χ1v) is 12.5. The van der Waals surface area contributed by atoms with Crippen LogP contribution in [-0.4, -0.2) is 14.7 Å². The standard InChI is InChI=1S/C18H42P4/c1-7-13-16(19,10-4)22(17(20,11-5)14-8-2)18(21,12-6)15-9-3/h7-15,19-21H2,1-6H3. The zero-order valence-electron chi connectivity index (χ0n) is 16.0. The molecule has 0 amide bonds. The van der Waals surface area contributed by atoms with E-state index in [1.807, 2.05) is 0 Å². The van der Waals surface area contributed by atoms with E-state index >= 15 is 0 Å². The predicted octanol–water partition coefficient (Wildman–Crippen LogP) is 7.81. The van der Waals surface area contributed by atoms with Crippen molar-refractivity contribution in [1.82, 2.24) is 0 Å². The lowest BCUT2D eigenvalue weighted by Gasteiger charge is -2.56. The lowest BCUT2D eigenvalue weighted by molar-refractivity contribution is 0.575. The molecule has 0 N–H and O–H groups in total. The molecule has 6 unspecified atom stereocenters. The van der Waals surface area contributed by atoms with Crippen LogP contribution < -0.4 is 0 Å². The summed E-state index contributed by atoms with van der Waals surface area (Å²) in [5, 5.41) is 0. The second-order valence-electron chi connectivity index (χ2n) is 6.96. The third-order valence-electron chi connectivity index (χ3n) is 5.22. The van der Waals surface area contributed by atoms with Crippen molar-refractivity contribution in [3.63, 3.8) is 0 Å². The molecule has 6 atom stereocenters. The van der Waals surface area contributed by atoms with Crippen LogP contribution in [0.15, 0.2) is 0 Å². The van der Waals surface area contributed by atoms with Crippen LogP contribution in [-0.2, 0) is 0 Å². The van der Waals surface area contributed by atoms with E-state index in [-0.39, 0.29) is 7.92 Å². The number of hydrogen-bond donors (Lipinski definition) is 0. The van der Waals surface area contributed by atoms with Crippen molar-refractivity contribution < 1.29 is 0 Å². The van der Waals surface area contributed by atoms with Gasteiger partial charge in [-0.25, -0.2) is 0 Å². The van der Waals surface area contributed by atoms with Gasteiger partial charge in [0.15, 0.2) is 0 Å². The monoisotopic (exact) mass is 382 g/mol. The van der Waals surface area contributed by atoms with Gasteiger partial charge in [-0.1, -0.05) is 68.7 Å². The second-order valence-corrected chi connectivity index (χ2v) is 15.1. The van der Waals surface area contributed by atoms with Crippen LogP contribution in [0.1, 0.15) is 99.3 Å². The third kappa shape index (κ3) is 5.62. The van der Waals surface area contributed by atoms with Crippen LogP contribution in [0.5, 0.6) is 0 Å². The Kier molecular flexibility index (Phi) is 11.5. The molecule has 0 saturated carbocycles. The zero-order chi connectivity index (χ0) is 17.4. The Hall–Kier alpha value is 1.72. The fraction of sp³-hybridized carbons (Fsp3) is 1.00. The first-order chi connectivity index (χ1) is 10.2. The highest BCUT2D eigenvalue weighted by atomic mass is 31.2. The maximum absolute atomic E-state index is 3.36. The van der Waals surface area contributed by atoms with Crippen LogP contribution >= 0.6 is 35.6 Å². The summed E-state index contributed by atoms with van der Waals surface area (Å²) >= 11 is 0. The maximum Gasteiger partial charge on any atom is 0.00627 e. The average Bonchev–Trinajstić information content (AvgIpc) is 2.48. The quantitative estimate of drug-likeness (QED) is 0.302. The van der Waals surface area contributed by atoms with E-state index in [0.29, 0.717) is 14.7 Å². The van der Waals surface area contributed by atoms with Crippen molar-refractivity contribution >= 4 is 35.6 Å². The van der Waals surface area contributed by atoms with Gasteiger partial charge in [-0.15, -0.1) is 27.7 Å². The SMILES string of the molecule is CCCC(P)(CC)P(C(P)(CC)CCC)C(P)(CC)CCC. The van der Waals surface area contributed by atoms with E-state index in [1.54, 1.807) is 0 Å². The molecule has 0 aromatic rings. The van der Waals surface area contributed by atoms with E-state index in [0.717, 1.165) is 0 Å². The Morgan fingerprint density at radius 3 is 0.909 bits per heavy atom. The van der Waals surface area contributed by atoms with Crippen LogP contribution in [0.4, 0.5) is 0 Å². The first-order valence-electron chi connectivity index (χ1n) is 9.40. The highest BCUT2D eigenvalue weighted by molar-refractivity contribution is 7.78. The van der Waals surface area contributed by atoms with Crippen LogP contribution in [0.25, 0.3) is 0 Å². The first kappa shape index (κ1) is 23.7. The summed E-state index contributed by atoms with van der Waals surface area (Å²) in [6, 6.07) is 0. The molecule has 0 spiro atoms. The Morgan fingerprint density at radius 2 is 0.773 bits per heavy atom. The molecule has 0 heterocycles. The molecule has 0 aliphatic carbocycles. The van der Waals surface area contributed by atoms with Gasteiger partial charge in [-0.2, -0.15) is 0 Å². The maximum atomic E-state index is 3.36. The van der Waals surface area contributed by atoms with Gasteiger partial charge in [0.2, 0.25) is 0 Å². The third-order valence-corrected chi connectivity index (χ3v) is 13.9. The molecule has 0 saturated heterocycles. The van der Waals surface area contributed by atoms with Gasteiger partial charge >= 0.3 is 0 Å². The fourth-order valence-electron chi connectivity index (χ4n) is 3.97. The molecule has 0 aromatic carbocycles. The summed E-state index contributed by atoms with van der Waals surface area (Å²) in [6.07, 6.45) is 11.8. The number of rotatable bonds is 12. The summed E-state index contributed by atoms with van der Waals surface area (Å²) < 4.78 is 0. The van der Waals surface area contributed by atoms with E-state index in [9.17, 15) is 0 Å². The van der Waals surface area contributed by atoms with Crippen molar-refractivity contribution in [2.45, 2.75) is 114 Å². The summed E-state index contributed by atoms with van der Waals surface area (Å²) in [5.41, 5.74) is 0. The predicted molar refractivity (Wildman–Crippen MR) is 120 cm³/mol. The molecule has 0 aromatic heterocycles. The van der Waals surface area contributed by atoms with Crippen LogP contribution in [0, 0.1) is 0 Å². The van der Waals surface area contributed by atoms with Gasteiger partial charge in [0, 0.05) is 14.7 Å².